The highest BCUT2D eigenvalue weighted by Gasteiger charge is 2.49. The quantitative estimate of drug-likeness (QED) is 0.178. The van der Waals surface area contributed by atoms with Crippen LogP contribution in [0, 0.1) is 36.5 Å². The molecule has 0 aliphatic heterocycles. The van der Waals surface area contributed by atoms with Crippen LogP contribution in [0.1, 0.15) is 113 Å². The number of aryl methyl sites for hydroxylation is 2. The molecule has 312 valence electrons. The summed E-state index contributed by atoms with van der Waals surface area (Å²) in [4.78, 5) is 0. The van der Waals surface area contributed by atoms with E-state index in [4.69, 9.17) is 0 Å². The van der Waals surface area contributed by atoms with Crippen molar-refractivity contribution in [1.82, 2.24) is 8.97 Å². The Hall–Kier alpha value is -6.88. The van der Waals surface area contributed by atoms with E-state index in [1.165, 1.54) is 71.2 Å². The maximum Gasteiger partial charge on any atom is 0.0998 e. The van der Waals surface area contributed by atoms with E-state index < -0.39 is 0 Å². The Morgan fingerprint density at radius 1 is 0.453 bits per heavy atom. The molecule has 3 heterocycles. The number of hydrogen-bond donors (Lipinski definition) is 0. The average molecular weight is 829 g/mol. The molecule has 0 spiro atoms. The van der Waals surface area contributed by atoms with Gasteiger partial charge in [0.1, 0.15) is 0 Å². The summed E-state index contributed by atoms with van der Waals surface area (Å²) in [7, 11) is 0. The molecule has 0 unspecified atom stereocenters. The first-order valence-electron chi connectivity index (χ1n) is 22.9. The number of para-hydroxylation sites is 2. The molecule has 7 aromatic carbocycles. The summed E-state index contributed by atoms with van der Waals surface area (Å²) in [5, 5.41) is 29.9. The molecule has 0 saturated carbocycles. The predicted octanol–water partition coefficient (Wildman–Crippen LogP) is 15.5. The molecule has 4 heteroatoms. The predicted molar refractivity (Wildman–Crippen MR) is 267 cm³/mol. The molecule has 4 nitrogen and oxygen atoms in total. The fourth-order valence-electron chi connectivity index (χ4n) is 14.2. The van der Waals surface area contributed by atoms with E-state index in [-0.39, 0.29) is 21.7 Å². The fourth-order valence-corrected chi connectivity index (χ4v) is 14.2. The first-order chi connectivity index (χ1) is 30.5. The summed E-state index contributed by atoms with van der Waals surface area (Å²) < 4.78 is 5.11. The van der Waals surface area contributed by atoms with Gasteiger partial charge in [0, 0.05) is 43.4 Å². The topological polar surface area (TPSA) is 56.9 Å². The van der Waals surface area contributed by atoms with Crippen LogP contribution < -0.4 is 0 Å². The molecule has 12 rings (SSSR count). The van der Waals surface area contributed by atoms with Gasteiger partial charge in [-0.05, 0) is 105 Å². The SMILES string of the molecule is Cc1c(C#N)c2c(c3c4cc5c(c6ccccc6n5-c5c(-c6ccccc6)cccc5-c5ccccc5)c5c6c7c(c(C#N)c(C)c6n(c13)c45)C(C)(C)CC7(C)C)C(C)(C)CC2(C)C. The second kappa shape index (κ2) is 12.4. The van der Waals surface area contributed by atoms with Crippen molar-refractivity contribution >= 4 is 59.9 Å². The number of benzene rings is 7. The van der Waals surface area contributed by atoms with Crippen LogP contribution >= 0.6 is 0 Å². The monoisotopic (exact) mass is 828 g/mol. The highest BCUT2D eigenvalue weighted by Crippen LogP contribution is 2.61. The summed E-state index contributed by atoms with van der Waals surface area (Å²) in [6.45, 7) is 23.2. The molecular weight excluding hydrogens is 777 g/mol. The third-order valence-corrected chi connectivity index (χ3v) is 15.7. The summed E-state index contributed by atoms with van der Waals surface area (Å²) in [6.07, 6.45) is 1.89. The summed E-state index contributed by atoms with van der Waals surface area (Å²) in [5.74, 6) is 0. The van der Waals surface area contributed by atoms with Crippen molar-refractivity contribution < 1.29 is 0 Å². The molecule has 0 amide bonds. The Labute approximate surface area is 375 Å². The van der Waals surface area contributed by atoms with Crippen LogP contribution in [0.5, 0.6) is 0 Å². The number of nitriles is 2. The zero-order valence-corrected chi connectivity index (χ0v) is 38.6. The second-order valence-electron chi connectivity index (χ2n) is 21.7. The van der Waals surface area contributed by atoms with E-state index in [2.05, 4.69) is 200 Å². The van der Waals surface area contributed by atoms with Gasteiger partial charge in [-0.1, -0.05) is 152 Å². The van der Waals surface area contributed by atoms with E-state index in [0.717, 1.165) is 74.0 Å². The molecule has 0 bridgehead atoms. The van der Waals surface area contributed by atoms with Gasteiger partial charge in [-0.25, -0.2) is 0 Å². The normalized spacial score (nSPS) is 16.9. The van der Waals surface area contributed by atoms with Crippen molar-refractivity contribution in [1.29, 1.82) is 10.5 Å². The largest absolute Gasteiger partial charge is 0.308 e. The first kappa shape index (κ1) is 38.8. The van der Waals surface area contributed by atoms with Crippen molar-refractivity contribution in [2.24, 2.45) is 0 Å². The van der Waals surface area contributed by atoms with E-state index in [0.29, 0.717) is 0 Å². The molecular formula is C60H52N4. The maximum absolute atomic E-state index is 11.3. The van der Waals surface area contributed by atoms with Crippen LogP contribution in [-0.4, -0.2) is 8.97 Å². The molecule has 2 aliphatic carbocycles. The van der Waals surface area contributed by atoms with Crippen LogP contribution in [0.25, 0.3) is 87.8 Å². The van der Waals surface area contributed by atoms with Gasteiger partial charge in [0.15, 0.2) is 0 Å². The van der Waals surface area contributed by atoms with E-state index in [1.54, 1.807) is 0 Å². The number of nitrogens with zero attached hydrogens (tertiary/aromatic N) is 4. The van der Waals surface area contributed by atoms with Crippen molar-refractivity contribution in [3.05, 3.63) is 154 Å². The minimum atomic E-state index is -0.213. The summed E-state index contributed by atoms with van der Waals surface area (Å²) in [5.41, 5.74) is 19.4. The highest BCUT2D eigenvalue weighted by molar-refractivity contribution is 6.37. The van der Waals surface area contributed by atoms with E-state index in [9.17, 15) is 10.5 Å². The Morgan fingerprint density at radius 2 is 0.922 bits per heavy atom. The number of aromatic nitrogens is 2. The molecule has 64 heavy (non-hydrogen) atoms. The van der Waals surface area contributed by atoms with Crippen LogP contribution in [0.15, 0.2) is 109 Å². The third-order valence-electron chi connectivity index (χ3n) is 15.7. The number of fused-ring (bicyclic) bond motifs is 14. The van der Waals surface area contributed by atoms with Crippen LogP contribution in [0.4, 0.5) is 0 Å². The molecule has 2 aliphatic rings. The molecule has 3 aromatic heterocycles. The molecule has 0 atom stereocenters. The molecule has 10 aromatic rings. The van der Waals surface area contributed by atoms with Gasteiger partial charge in [0.2, 0.25) is 0 Å². The first-order valence-corrected chi connectivity index (χ1v) is 22.9. The summed E-state index contributed by atoms with van der Waals surface area (Å²) >= 11 is 0. The third kappa shape index (κ3) is 4.66. The van der Waals surface area contributed by atoms with Crippen molar-refractivity contribution in [3.8, 4) is 40.1 Å². The molecule has 0 saturated heterocycles. The van der Waals surface area contributed by atoms with E-state index in [1.807, 2.05) is 0 Å². The maximum atomic E-state index is 11.3. The standard InChI is InChI=1S/C60H52N4/c1-33-41(29-61)49-51(59(7,8)31-57(49,3)4)46-40-28-44-45(47-48-52-50(58(5,6)32-60(52,9)10)42(30-62)34(2)54(48)64(53(33)46)56(40)47)39-24-17-18-27-43(39)63(44)55-37(35-20-13-11-14-21-35)25-19-26-38(55)36-22-15-12-16-23-36/h11-28H,31-32H2,1-10H3. The lowest BCUT2D eigenvalue weighted by atomic mass is 9.80. The summed E-state index contributed by atoms with van der Waals surface area (Å²) in [6, 6.07) is 45.5. The lowest BCUT2D eigenvalue weighted by Crippen LogP contribution is -2.18. The van der Waals surface area contributed by atoms with Gasteiger partial charge < -0.3 is 8.97 Å². The van der Waals surface area contributed by atoms with Crippen LogP contribution in [0.3, 0.4) is 0 Å². The van der Waals surface area contributed by atoms with Crippen molar-refractivity contribution in [2.75, 3.05) is 0 Å². The Morgan fingerprint density at radius 3 is 1.45 bits per heavy atom. The van der Waals surface area contributed by atoms with Crippen LogP contribution in [0.2, 0.25) is 0 Å². The smallest absolute Gasteiger partial charge is 0.0998 e. The van der Waals surface area contributed by atoms with Crippen molar-refractivity contribution in [2.45, 2.75) is 104 Å². The minimum Gasteiger partial charge on any atom is -0.308 e. The Bertz CT molecular complexity index is 3740. The fraction of sp³-hybridized carbons (Fsp3) is 0.267. The van der Waals surface area contributed by atoms with Crippen molar-refractivity contribution in [3.63, 3.8) is 0 Å². The van der Waals surface area contributed by atoms with E-state index >= 15 is 0 Å². The zero-order chi connectivity index (χ0) is 44.6. The lowest BCUT2D eigenvalue weighted by Gasteiger charge is -2.23. The Kier molecular flexibility index (Phi) is 7.53. The highest BCUT2D eigenvalue weighted by atomic mass is 15.0. The zero-order valence-electron chi connectivity index (χ0n) is 38.6. The van der Waals surface area contributed by atoms with Gasteiger partial charge in [0.05, 0.1) is 56.5 Å². The van der Waals surface area contributed by atoms with Gasteiger partial charge in [0.25, 0.3) is 0 Å². The average Bonchev–Trinajstić information content (AvgIpc) is 3.98. The van der Waals surface area contributed by atoms with Gasteiger partial charge >= 0.3 is 0 Å². The second-order valence-corrected chi connectivity index (χ2v) is 21.7. The molecule has 0 radical (unpaired) electrons. The molecule has 0 fully saturated rings. The lowest BCUT2D eigenvalue weighted by molar-refractivity contribution is 0.403. The minimum absolute atomic E-state index is 0.194. The molecule has 0 N–H and O–H groups in total. The van der Waals surface area contributed by atoms with Gasteiger partial charge in [-0.3, -0.25) is 0 Å². The van der Waals surface area contributed by atoms with Gasteiger partial charge in [-0.2, -0.15) is 10.5 Å². The van der Waals surface area contributed by atoms with Gasteiger partial charge in [-0.15, -0.1) is 0 Å². The van der Waals surface area contributed by atoms with Crippen LogP contribution in [-0.2, 0) is 21.7 Å². The Balaban J connectivity index is 1.44. The number of rotatable bonds is 3. The number of hydrogen-bond acceptors (Lipinski definition) is 2.